The minimum Gasteiger partial charge on any atom is -0.474 e. The van der Waals surface area contributed by atoms with Crippen LogP contribution in [-0.4, -0.2) is 35.8 Å². The monoisotopic (exact) mass is 267 g/mol. The zero-order valence-electron chi connectivity index (χ0n) is 10.5. The molecule has 0 spiro atoms. The molecule has 1 unspecified atom stereocenters. The van der Waals surface area contributed by atoms with Crippen molar-refractivity contribution in [1.82, 2.24) is 4.98 Å². The Labute approximate surface area is 109 Å². The molecule has 0 radical (unpaired) electrons. The van der Waals surface area contributed by atoms with Crippen LogP contribution in [0, 0.1) is 10.1 Å². The van der Waals surface area contributed by atoms with E-state index < -0.39 is 11.0 Å². The van der Waals surface area contributed by atoms with Gasteiger partial charge in [0.15, 0.2) is 11.9 Å². The largest absolute Gasteiger partial charge is 0.474 e. The lowest BCUT2D eigenvalue weighted by molar-refractivity contribution is -0.389. The average molecular weight is 267 g/mol. The van der Waals surface area contributed by atoms with Crippen molar-refractivity contribution in [3.05, 3.63) is 22.2 Å². The van der Waals surface area contributed by atoms with Gasteiger partial charge in [0.2, 0.25) is 0 Å². The van der Waals surface area contributed by atoms with Gasteiger partial charge in [0.05, 0.1) is 0 Å². The summed E-state index contributed by atoms with van der Waals surface area (Å²) < 4.78 is 10.4. The van der Waals surface area contributed by atoms with Gasteiger partial charge in [-0.2, -0.15) is 0 Å². The van der Waals surface area contributed by atoms with Gasteiger partial charge < -0.3 is 19.6 Å². The third-order valence-corrected chi connectivity index (χ3v) is 2.71. The highest BCUT2D eigenvalue weighted by Crippen LogP contribution is 2.34. The van der Waals surface area contributed by atoms with Gasteiger partial charge in [-0.25, -0.2) is 4.90 Å². The number of amides is 1. The van der Waals surface area contributed by atoms with Crippen molar-refractivity contribution in [1.29, 1.82) is 0 Å². The van der Waals surface area contributed by atoms with Crippen LogP contribution in [0.3, 0.4) is 0 Å². The lowest BCUT2D eigenvalue weighted by Crippen LogP contribution is -2.46. The van der Waals surface area contributed by atoms with Gasteiger partial charge in [0.25, 0.3) is 11.7 Å². The molecule has 2 heterocycles. The molecular formula is C11H13N3O5. The van der Waals surface area contributed by atoms with E-state index in [1.807, 2.05) is 6.92 Å². The third-order valence-electron chi connectivity index (χ3n) is 2.71. The van der Waals surface area contributed by atoms with E-state index >= 15 is 0 Å². The molecule has 0 bridgehead atoms. The first-order chi connectivity index (χ1) is 9.08. The number of ether oxygens (including phenoxy) is 2. The highest BCUT2D eigenvalue weighted by atomic mass is 16.6. The van der Waals surface area contributed by atoms with Gasteiger partial charge in [0.1, 0.15) is 6.73 Å². The maximum absolute atomic E-state index is 12.1. The van der Waals surface area contributed by atoms with Gasteiger partial charge in [-0.05, 0) is 22.4 Å². The Bertz CT molecular complexity index is 519. The Hall–Kier alpha value is -2.22. The van der Waals surface area contributed by atoms with Crippen LogP contribution in [0.15, 0.2) is 12.1 Å². The fourth-order valence-electron chi connectivity index (χ4n) is 1.81. The number of aromatic nitrogens is 1. The number of pyridine rings is 1. The highest BCUT2D eigenvalue weighted by Gasteiger charge is 2.37. The van der Waals surface area contributed by atoms with Crippen LogP contribution in [0.2, 0.25) is 0 Å². The summed E-state index contributed by atoms with van der Waals surface area (Å²) in [5.74, 6) is -0.198. The van der Waals surface area contributed by atoms with E-state index in [4.69, 9.17) is 9.47 Å². The van der Waals surface area contributed by atoms with Crippen molar-refractivity contribution in [2.75, 3.05) is 18.7 Å². The van der Waals surface area contributed by atoms with Crippen LogP contribution in [-0.2, 0) is 9.53 Å². The predicted molar refractivity (Wildman–Crippen MR) is 65.0 cm³/mol. The number of fused-ring (bicyclic) bond motifs is 1. The normalized spacial score (nSPS) is 17.9. The van der Waals surface area contributed by atoms with Crippen LogP contribution in [0.5, 0.6) is 5.75 Å². The lowest BCUT2D eigenvalue weighted by atomic mass is 10.2. The second-order valence-corrected chi connectivity index (χ2v) is 3.95. The van der Waals surface area contributed by atoms with E-state index in [9.17, 15) is 14.9 Å². The first kappa shape index (κ1) is 13.2. The summed E-state index contributed by atoms with van der Waals surface area (Å²) in [5, 5.41) is 10.7. The molecule has 0 N–H and O–H groups in total. The molecule has 0 aromatic carbocycles. The van der Waals surface area contributed by atoms with Crippen LogP contribution >= 0.6 is 0 Å². The number of anilines is 1. The van der Waals surface area contributed by atoms with Gasteiger partial charge in [-0.1, -0.05) is 6.92 Å². The Morgan fingerprint density at radius 3 is 2.89 bits per heavy atom. The molecule has 1 atom stereocenters. The van der Waals surface area contributed by atoms with E-state index in [-0.39, 0.29) is 24.3 Å². The topological polar surface area (TPSA) is 94.8 Å². The molecule has 19 heavy (non-hydrogen) atoms. The lowest BCUT2D eigenvalue weighted by Gasteiger charge is -2.29. The average Bonchev–Trinajstić information content (AvgIpc) is 2.41. The summed E-state index contributed by atoms with van der Waals surface area (Å²) in [6.45, 7) is 1.79. The SMILES string of the molecule is CCC1Oc2ccc([N+](=O)[O-])nc2N(COC)C1=O. The fraction of sp³-hybridized carbons (Fsp3) is 0.455. The number of hydrogen-bond acceptors (Lipinski definition) is 6. The number of hydrogen-bond donors (Lipinski definition) is 0. The molecular weight excluding hydrogens is 254 g/mol. The summed E-state index contributed by atoms with van der Waals surface area (Å²) in [4.78, 5) is 27.3. The van der Waals surface area contributed by atoms with Crippen molar-refractivity contribution in [3.8, 4) is 5.75 Å². The fourth-order valence-corrected chi connectivity index (χ4v) is 1.81. The molecule has 8 heteroatoms. The molecule has 1 aromatic rings. The number of rotatable bonds is 4. The molecule has 1 aromatic heterocycles. The maximum atomic E-state index is 12.1. The van der Waals surface area contributed by atoms with Crippen LogP contribution < -0.4 is 9.64 Å². The van der Waals surface area contributed by atoms with Crippen LogP contribution in [0.4, 0.5) is 11.6 Å². The third kappa shape index (κ3) is 2.34. The summed E-state index contributed by atoms with van der Waals surface area (Å²) in [6, 6.07) is 2.69. The Balaban J connectivity index is 2.47. The van der Waals surface area contributed by atoms with Crippen molar-refractivity contribution in [3.63, 3.8) is 0 Å². The highest BCUT2D eigenvalue weighted by molar-refractivity contribution is 5.98. The minimum atomic E-state index is -0.623. The molecule has 0 aliphatic carbocycles. The quantitative estimate of drug-likeness (QED) is 0.598. The number of carbonyl (C=O) groups excluding carboxylic acids is 1. The number of carbonyl (C=O) groups is 1. The van der Waals surface area contributed by atoms with Crippen molar-refractivity contribution in [2.24, 2.45) is 0 Å². The summed E-state index contributed by atoms with van der Waals surface area (Å²) in [6.07, 6.45) is -0.124. The van der Waals surface area contributed by atoms with Gasteiger partial charge in [-0.15, -0.1) is 0 Å². The van der Waals surface area contributed by atoms with Crippen molar-refractivity contribution in [2.45, 2.75) is 19.4 Å². The van der Waals surface area contributed by atoms with Gasteiger partial charge in [-0.3, -0.25) is 4.79 Å². The second kappa shape index (κ2) is 5.19. The molecule has 0 fully saturated rings. The van der Waals surface area contributed by atoms with Crippen LogP contribution in [0.25, 0.3) is 0 Å². The standard InChI is InChI=1S/C11H13N3O5/c1-3-7-11(15)13(6-18-2)10-8(19-7)4-5-9(12-10)14(16)17/h4-5,7H,3,6H2,1-2H3. The van der Waals surface area contributed by atoms with E-state index in [1.165, 1.54) is 24.1 Å². The molecule has 1 aliphatic heterocycles. The summed E-state index contributed by atoms with van der Waals surface area (Å²) in [5.41, 5.74) is 0. The number of nitrogens with zero attached hydrogens (tertiary/aromatic N) is 3. The number of nitro groups is 1. The minimum absolute atomic E-state index is 0.0279. The van der Waals surface area contributed by atoms with Crippen molar-refractivity contribution < 1.29 is 19.2 Å². The molecule has 102 valence electrons. The van der Waals surface area contributed by atoms with E-state index in [0.717, 1.165) is 0 Å². The van der Waals surface area contributed by atoms with Gasteiger partial charge >= 0.3 is 5.82 Å². The van der Waals surface area contributed by atoms with E-state index in [0.29, 0.717) is 12.2 Å². The molecule has 2 rings (SSSR count). The summed E-state index contributed by atoms with van der Waals surface area (Å²) in [7, 11) is 1.43. The Morgan fingerprint density at radius 1 is 1.58 bits per heavy atom. The van der Waals surface area contributed by atoms with Crippen LogP contribution in [0.1, 0.15) is 13.3 Å². The van der Waals surface area contributed by atoms with E-state index in [1.54, 1.807) is 0 Å². The molecule has 1 aliphatic rings. The Kier molecular flexibility index (Phi) is 3.61. The Morgan fingerprint density at radius 2 is 2.32 bits per heavy atom. The predicted octanol–water partition coefficient (Wildman–Crippen LogP) is 1.10. The molecule has 0 saturated carbocycles. The molecule has 1 amide bonds. The summed E-state index contributed by atoms with van der Waals surface area (Å²) >= 11 is 0. The molecule has 8 nitrogen and oxygen atoms in total. The second-order valence-electron chi connectivity index (χ2n) is 3.95. The van der Waals surface area contributed by atoms with Crippen molar-refractivity contribution >= 4 is 17.5 Å². The van der Waals surface area contributed by atoms with Gasteiger partial charge in [0, 0.05) is 13.2 Å². The van der Waals surface area contributed by atoms with E-state index in [2.05, 4.69) is 4.98 Å². The first-order valence-corrected chi connectivity index (χ1v) is 5.70. The number of methoxy groups -OCH3 is 1. The maximum Gasteiger partial charge on any atom is 0.366 e. The zero-order valence-corrected chi connectivity index (χ0v) is 10.5. The smallest absolute Gasteiger partial charge is 0.366 e. The molecule has 0 saturated heterocycles. The first-order valence-electron chi connectivity index (χ1n) is 5.70. The zero-order chi connectivity index (χ0) is 14.0.